The molecule has 27 heavy (non-hydrogen) atoms. The quantitative estimate of drug-likeness (QED) is 0.758. The predicted molar refractivity (Wildman–Crippen MR) is 105 cm³/mol. The zero-order chi connectivity index (χ0) is 18.4. The first-order valence-corrected chi connectivity index (χ1v) is 10.3. The van der Waals surface area contributed by atoms with E-state index in [9.17, 15) is 5.11 Å². The van der Waals surface area contributed by atoms with E-state index in [4.69, 9.17) is 5.26 Å². The van der Waals surface area contributed by atoms with Crippen LogP contribution < -0.4 is 0 Å². The van der Waals surface area contributed by atoms with Crippen molar-refractivity contribution in [2.45, 2.75) is 31.5 Å². The van der Waals surface area contributed by atoms with Gasteiger partial charge in [-0.05, 0) is 48.9 Å². The zero-order valence-electron chi connectivity index (χ0n) is 15.0. The van der Waals surface area contributed by atoms with Gasteiger partial charge in [0.25, 0.3) is 0 Å². The molecule has 6 heteroatoms. The number of aliphatic hydroxyl groups is 1. The molecule has 138 valence electrons. The highest BCUT2D eigenvalue weighted by Crippen LogP contribution is 2.42. The Morgan fingerprint density at radius 3 is 2.78 bits per heavy atom. The van der Waals surface area contributed by atoms with Crippen molar-refractivity contribution < 1.29 is 5.11 Å². The molecule has 0 amide bonds. The summed E-state index contributed by atoms with van der Waals surface area (Å²) in [5.41, 5.74) is 2.10. The molecule has 2 aliphatic rings. The number of para-hydroxylation sites is 2. The first-order chi connectivity index (χ1) is 13.2. The highest BCUT2D eigenvalue weighted by atomic mass is 32.1. The van der Waals surface area contributed by atoms with Crippen LogP contribution in [0.1, 0.15) is 28.6 Å². The van der Waals surface area contributed by atoms with E-state index in [1.54, 1.807) is 11.3 Å². The van der Waals surface area contributed by atoms with Crippen molar-refractivity contribution in [2.24, 2.45) is 11.8 Å². The topological polar surface area (TPSA) is 65.1 Å². The maximum absolute atomic E-state index is 10.9. The fraction of sp³-hybridized carbons (Fsp3) is 0.429. The Bertz CT molecular complexity index is 1000. The lowest BCUT2D eigenvalue weighted by molar-refractivity contribution is 0.0374. The standard InChI is InChI=1S/C21H22N4OS/c22-9-16-5-6-17(27-16)12-24-10-14-7-20(21(26)8-15(14)11-24)25-13-23-18-3-1-2-4-19(18)25/h1-6,13-15,20-21,26H,7-8,10-12H2/t14-,15+,20-,21-/m1/s1. The van der Waals surface area contributed by atoms with Crippen LogP contribution in [0.5, 0.6) is 0 Å². The highest BCUT2D eigenvalue weighted by molar-refractivity contribution is 7.12. The molecule has 1 aliphatic carbocycles. The number of nitriles is 1. The molecule has 5 nitrogen and oxygen atoms in total. The van der Waals surface area contributed by atoms with Crippen molar-refractivity contribution in [1.82, 2.24) is 14.5 Å². The summed E-state index contributed by atoms with van der Waals surface area (Å²) in [6.07, 6.45) is 3.42. The van der Waals surface area contributed by atoms with Gasteiger partial charge in [-0.1, -0.05) is 12.1 Å². The third kappa shape index (κ3) is 3.06. The van der Waals surface area contributed by atoms with Crippen LogP contribution in [0.2, 0.25) is 0 Å². The first kappa shape index (κ1) is 16.9. The highest BCUT2D eigenvalue weighted by Gasteiger charge is 2.42. The number of benzene rings is 1. The van der Waals surface area contributed by atoms with Crippen molar-refractivity contribution in [3.63, 3.8) is 0 Å². The number of hydrogen-bond acceptors (Lipinski definition) is 5. The third-order valence-electron chi connectivity index (χ3n) is 6.17. The number of rotatable bonds is 3. The van der Waals surface area contributed by atoms with Crippen LogP contribution in [0.4, 0.5) is 0 Å². The molecule has 1 aromatic carbocycles. The van der Waals surface area contributed by atoms with Crippen LogP contribution in [0.15, 0.2) is 42.7 Å². The van der Waals surface area contributed by atoms with Crippen molar-refractivity contribution in [2.75, 3.05) is 13.1 Å². The van der Waals surface area contributed by atoms with Crippen LogP contribution >= 0.6 is 11.3 Å². The second kappa shape index (κ2) is 6.75. The summed E-state index contributed by atoms with van der Waals surface area (Å²) in [4.78, 5) is 9.04. The number of thiophene rings is 1. The Hall–Kier alpha value is -2.20. The van der Waals surface area contributed by atoms with E-state index in [0.29, 0.717) is 11.8 Å². The molecule has 2 aromatic heterocycles. The number of hydrogen-bond donors (Lipinski definition) is 1. The molecule has 2 fully saturated rings. The van der Waals surface area contributed by atoms with Crippen molar-refractivity contribution in [3.8, 4) is 6.07 Å². The lowest BCUT2D eigenvalue weighted by atomic mass is 9.77. The Balaban J connectivity index is 1.32. The SMILES string of the molecule is N#Cc1ccc(CN2C[C@H]3C[C@@H](n4cnc5ccccc54)[C@H](O)C[C@H]3C2)s1. The van der Waals surface area contributed by atoms with Crippen molar-refractivity contribution in [3.05, 3.63) is 52.5 Å². The molecule has 1 saturated heterocycles. The minimum absolute atomic E-state index is 0.102. The van der Waals surface area contributed by atoms with Crippen LogP contribution in [0, 0.1) is 23.2 Å². The number of fused-ring (bicyclic) bond motifs is 2. The van der Waals surface area contributed by atoms with E-state index in [2.05, 4.69) is 32.7 Å². The van der Waals surface area contributed by atoms with E-state index in [1.807, 2.05) is 30.6 Å². The fourth-order valence-electron chi connectivity index (χ4n) is 4.92. The number of aromatic nitrogens is 2. The molecule has 3 heterocycles. The van der Waals surface area contributed by atoms with E-state index >= 15 is 0 Å². The van der Waals surface area contributed by atoms with Gasteiger partial charge in [0.1, 0.15) is 10.9 Å². The van der Waals surface area contributed by atoms with Crippen LogP contribution in [-0.4, -0.2) is 38.8 Å². The van der Waals surface area contributed by atoms with Crippen LogP contribution in [-0.2, 0) is 6.54 Å². The minimum Gasteiger partial charge on any atom is -0.391 e. The molecule has 1 aliphatic heterocycles. The largest absolute Gasteiger partial charge is 0.391 e. The molecule has 3 aromatic rings. The molecule has 1 N–H and O–H groups in total. The number of aliphatic hydroxyl groups excluding tert-OH is 1. The second-order valence-corrected chi connectivity index (χ2v) is 9.01. The Morgan fingerprint density at radius 1 is 1.15 bits per heavy atom. The van der Waals surface area contributed by atoms with E-state index < -0.39 is 0 Å². The molecule has 4 atom stereocenters. The summed E-state index contributed by atoms with van der Waals surface area (Å²) in [7, 11) is 0. The normalized spacial score (nSPS) is 28.3. The minimum atomic E-state index is -0.323. The molecule has 0 bridgehead atoms. The predicted octanol–water partition coefficient (Wildman–Crippen LogP) is 3.41. The van der Waals surface area contributed by atoms with Gasteiger partial charge in [0.2, 0.25) is 0 Å². The third-order valence-corrected chi connectivity index (χ3v) is 7.15. The second-order valence-electron chi connectivity index (χ2n) is 7.84. The molecule has 1 saturated carbocycles. The monoisotopic (exact) mass is 378 g/mol. The summed E-state index contributed by atoms with van der Waals surface area (Å²) >= 11 is 1.59. The van der Waals surface area contributed by atoms with Gasteiger partial charge in [-0.2, -0.15) is 5.26 Å². The van der Waals surface area contributed by atoms with E-state index in [1.165, 1.54) is 4.88 Å². The maximum Gasteiger partial charge on any atom is 0.110 e. The first-order valence-electron chi connectivity index (χ1n) is 9.52. The van der Waals surface area contributed by atoms with E-state index in [-0.39, 0.29) is 12.1 Å². The van der Waals surface area contributed by atoms with Gasteiger partial charge >= 0.3 is 0 Å². The van der Waals surface area contributed by atoms with Gasteiger partial charge in [0.15, 0.2) is 0 Å². The van der Waals surface area contributed by atoms with Gasteiger partial charge in [-0.15, -0.1) is 11.3 Å². The molecule has 0 radical (unpaired) electrons. The van der Waals surface area contributed by atoms with Crippen molar-refractivity contribution in [1.29, 1.82) is 5.26 Å². The summed E-state index contributed by atoms with van der Waals surface area (Å²) in [5, 5.41) is 19.9. The van der Waals surface area contributed by atoms with Crippen LogP contribution in [0.25, 0.3) is 11.0 Å². The van der Waals surface area contributed by atoms with Crippen LogP contribution in [0.3, 0.4) is 0 Å². The molecule has 5 rings (SSSR count). The van der Waals surface area contributed by atoms with Gasteiger partial charge in [-0.3, -0.25) is 4.90 Å². The summed E-state index contributed by atoms with van der Waals surface area (Å²) in [5.74, 6) is 1.16. The average molecular weight is 379 g/mol. The molecular weight excluding hydrogens is 356 g/mol. The maximum atomic E-state index is 10.9. The number of nitrogens with zero attached hydrogens (tertiary/aromatic N) is 4. The average Bonchev–Trinajstić information content (AvgIpc) is 3.39. The molecule has 0 unspecified atom stereocenters. The van der Waals surface area contributed by atoms with Gasteiger partial charge in [0, 0.05) is 24.5 Å². The van der Waals surface area contributed by atoms with Gasteiger partial charge in [-0.25, -0.2) is 4.98 Å². The number of likely N-dealkylation sites (tertiary alicyclic amines) is 1. The van der Waals surface area contributed by atoms with E-state index in [0.717, 1.165) is 48.4 Å². The molecular formula is C21H22N4OS. The summed E-state index contributed by atoms with van der Waals surface area (Å²) < 4.78 is 2.18. The lowest BCUT2D eigenvalue weighted by Crippen LogP contribution is -2.36. The Labute approximate surface area is 162 Å². The zero-order valence-corrected chi connectivity index (χ0v) is 15.8. The summed E-state index contributed by atoms with van der Waals surface area (Å²) in [6, 6.07) is 14.5. The van der Waals surface area contributed by atoms with Crippen molar-refractivity contribution >= 4 is 22.4 Å². The van der Waals surface area contributed by atoms with Gasteiger partial charge < -0.3 is 9.67 Å². The Kier molecular flexibility index (Phi) is 4.24. The Morgan fingerprint density at radius 2 is 1.96 bits per heavy atom. The molecule has 0 spiro atoms. The number of imidazole rings is 1. The van der Waals surface area contributed by atoms with Gasteiger partial charge in [0.05, 0.1) is 29.5 Å². The smallest absolute Gasteiger partial charge is 0.110 e. The fourth-order valence-corrected chi connectivity index (χ4v) is 5.77. The summed E-state index contributed by atoms with van der Waals surface area (Å²) in [6.45, 7) is 3.02. The lowest BCUT2D eigenvalue weighted by Gasteiger charge is -2.36.